The van der Waals surface area contributed by atoms with Gasteiger partial charge in [0.05, 0.1) is 15.6 Å². The molecule has 0 fully saturated rings. The summed E-state index contributed by atoms with van der Waals surface area (Å²) in [6.07, 6.45) is 0. The molecule has 0 aliphatic carbocycles. The van der Waals surface area contributed by atoms with Gasteiger partial charge in [-0.3, -0.25) is 0 Å². The van der Waals surface area contributed by atoms with Gasteiger partial charge < -0.3 is 15.7 Å². The van der Waals surface area contributed by atoms with Crippen LogP contribution in [-0.4, -0.2) is 11.0 Å². The molecule has 2 aromatic rings. The van der Waals surface area contributed by atoms with Crippen molar-refractivity contribution < 1.29 is 14.3 Å². The molecule has 7 heteroatoms. The molecule has 0 saturated carbocycles. The Hall–Kier alpha value is -1.98. The van der Waals surface area contributed by atoms with E-state index in [1.807, 2.05) is 0 Å². The Morgan fingerprint density at radius 2 is 1.81 bits per heavy atom. The van der Waals surface area contributed by atoms with E-state index in [0.717, 1.165) is 0 Å². The molecular formula is C14H11Cl2FN2O2. The summed E-state index contributed by atoms with van der Waals surface area (Å²) in [5, 5.41) is 12.1. The van der Waals surface area contributed by atoms with Crippen LogP contribution in [0, 0.1) is 5.82 Å². The second kappa shape index (κ2) is 6.65. The van der Waals surface area contributed by atoms with Crippen LogP contribution < -0.4 is 10.5 Å². The van der Waals surface area contributed by atoms with Crippen LogP contribution >= 0.6 is 23.2 Å². The predicted molar refractivity (Wildman–Crippen MR) is 79.7 cm³/mol. The number of nitrogens with two attached hydrogens (primary N) is 1. The fourth-order valence-electron chi connectivity index (χ4n) is 1.71. The number of para-hydroxylation sites is 1. The molecule has 0 heterocycles. The van der Waals surface area contributed by atoms with Gasteiger partial charge in [0, 0.05) is 5.56 Å². The number of rotatable bonds is 4. The van der Waals surface area contributed by atoms with E-state index in [4.69, 9.17) is 38.9 Å². The summed E-state index contributed by atoms with van der Waals surface area (Å²) in [4.78, 5) is 0. The highest BCUT2D eigenvalue weighted by atomic mass is 35.5. The van der Waals surface area contributed by atoms with Crippen LogP contribution in [0.3, 0.4) is 0 Å². The van der Waals surface area contributed by atoms with Crippen LogP contribution in [0.2, 0.25) is 10.0 Å². The third-order valence-corrected chi connectivity index (χ3v) is 3.35. The lowest BCUT2D eigenvalue weighted by Crippen LogP contribution is -2.16. The Bertz CT molecular complexity index is 672. The highest BCUT2D eigenvalue weighted by Gasteiger charge is 2.13. The molecule has 21 heavy (non-hydrogen) atoms. The van der Waals surface area contributed by atoms with Gasteiger partial charge in [-0.05, 0) is 18.2 Å². The van der Waals surface area contributed by atoms with E-state index >= 15 is 0 Å². The third-order valence-electron chi connectivity index (χ3n) is 2.75. The van der Waals surface area contributed by atoms with Crippen molar-refractivity contribution in [2.75, 3.05) is 0 Å². The van der Waals surface area contributed by atoms with Crippen molar-refractivity contribution >= 4 is 29.0 Å². The number of hydrogen-bond donors (Lipinski definition) is 2. The first-order chi connectivity index (χ1) is 10.0. The number of amidine groups is 1. The Morgan fingerprint density at radius 1 is 1.19 bits per heavy atom. The number of benzene rings is 2. The summed E-state index contributed by atoms with van der Waals surface area (Å²) in [5.41, 5.74) is 5.62. The molecule has 0 spiro atoms. The highest BCUT2D eigenvalue weighted by molar-refractivity contribution is 6.37. The van der Waals surface area contributed by atoms with Crippen LogP contribution in [0.15, 0.2) is 41.6 Å². The topological polar surface area (TPSA) is 67.8 Å². The molecule has 0 atom stereocenters. The van der Waals surface area contributed by atoms with Gasteiger partial charge in [-0.1, -0.05) is 46.6 Å². The Kier molecular flexibility index (Phi) is 4.88. The summed E-state index contributed by atoms with van der Waals surface area (Å²) >= 11 is 11.9. The average Bonchev–Trinajstić information content (AvgIpc) is 2.47. The number of nitrogens with zero attached hydrogens (tertiary/aromatic N) is 1. The summed E-state index contributed by atoms with van der Waals surface area (Å²) in [5.74, 6) is -0.671. The second-order valence-corrected chi connectivity index (χ2v) is 4.92. The molecule has 110 valence electrons. The van der Waals surface area contributed by atoms with E-state index in [1.165, 1.54) is 12.1 Å². The van der Waals surface area contributed by atoms with E-state index in [0.29, 0.717) is 10.0 Å². The fourth-order valence-corrected chi connectivity index (χ4v) is 2.22. The molecule has 0 aromatic heterocycles. The standard InChI is InChI=1S/C14H11Cl2FN2O2/c15-10-5-2-6-11(16)13(10)21-7-8-3-1-4-9(12(8)17)14(18)19-20/h1-6,20H,7H2,(H2,18,19). The molecule has 4 nitrogen and oxygen atoms in total. The van der Waals surface area contributed by atoms with Gasteiger partial charge in [0.15, 0.2) is 11.6 Å². The maximum absolute atomic E-state index is 14.2. The summed E-state index contributed by atoms with van der Waals surface area (Å²) in [6, 6.07) is 9.41. The lowest BCUT2D eigenvalue weighted by Gasteiger charge is -2.11. The number of hydrogen-bond acceptors (Lipinski definition) is 3. The molecule has 0 aliphatic rings. The summed E-state index contributed by atoms with van der Waals surface area (Å²) in [7, 11) is 0. The molecular weight excluding hydrogens is 318 g/mol. The molecule has 0 bridgehead atoms. The van der Waals surface area contributed by atoms with Crippen LogP contribution in [0.4, 0.5) is 4.39 Å². The van der Waals surface area contributed by atoms with Crippen molar-refractivity contribution in [3.8, 4) is 5.75 Å². The van der Waals surface area contributed by atoms with E-state index in [-0.39, 0.29) is 29.3 Å². The van der Waals surface area contributed by atoms with Crippen molar-refractivity contribution in [1.82, 2.24) is 0 Å². The van der Waals surface area contributed by atoms with Gasteiger partial charge in [0.25, 0.3) is 0 Å². The van der Waals surface area contributed by atoms with Crippen molar-refractivity contribution in [2.24, 2.45) is 10.9 Å². The van der Waals surface area contributed by atoms with Crippen LogP contribution in [-0.2, 0) is 6.61 Å². The van der Waals surface area contributed by atoms with Crippen molar-refractivity contribution in [1.29, 1.82) is 0 Å². The Morgan fingerprint density at radius 3 is 2.43 bits per heavy atom. The van der Waals surface area contributed by atoms with Gasteiger partial charge in [0.1, 0.15) is 12.4 Å². The number of ether oxygens (including phenoxy) is 1. The number of halogens is 3. The zero-order valence-corrected chi connectivity index (χ0v) is 12.2. The van der Waals surface area contributed by atoms with Crippen LogP contribution in [0.25, 0.3) is 0 Å². The SMILES string of the molecule is N/C(=N/O)c1cccc(COc2c(Cl)cccc2Cl)c1F. The van der Waals surface area contributed by atoms with Crippen LogP contribution in [0.5, 0.6) is 5.75 Å². The van der Waals surface area contributed by atoms with E-state index in [2.05, 4.69) is 5.16 Å². The lowest BCUT2D eigenvalue weighted by atomic mass is 10.1. The highest BCUT2D eigenvalue weighted by Crippen LogP contribution is 2.33. The summed E-state index contributed by atoms with van der Waals surface area (Å²) < 4.78 is 19.7. The van der Waals surface area contributed by atoms with Gasteiger partial charge in [-0.2, -0.15) is 0 Å². The quantitative estimate of drug-likeness (QED) is 0.388. The molecule has 2 rings (SSSR count). The largest absolute Gasteiger partial charge is 0.486 e. The molecule has 0 saturated heterocycles. The van der Waals surface area contributed by atoms with Crippen molar-refractivity contribution in [2.45, 2.75) is 6.61 Å². The Labute approximate surface area is 130 Å². The van der Waals surface area contributed by atoms with Crippen molar-refractivity contribution in [3.63, 3.8) is 0 Å². The first-order valence-corrected chi connectivity index (χ1v) is 6.62. The lowest BCUT2D eigenvalue weighted by molar-refractivity contribution is 0.300. The molecule has 0 aliphatic heterocycles. The molecule has 0 unspecified atom stereocenters. The van der Waals surface area contributed by atoms with E-state index in [1.54, 1.807) is 24.3 Å². The first-order valence-electron chi connectivity index (χ1n) is 5.86. The monoisotopic (exact) mass is 328 g/mol. The molecule has 0 amide bonds. The number of oxime groups is 1. The minimum atomic E-state index is -0.629. The van der Waals surface area contributed by atoms with Crippen LogP contribution in [0.1, 0.15) is 11.1 Å². The minimum Gasteiger partial charge on any atom is -0.486 e. The Balaban J connectivity index is 2.25. The molecule has 2 aromatic carbocycles. The maximum Gasteiger partial charge on any atom is 0.173 e. The van der Waals surface area contributed by atoms with Gasteiger partial charge >= 0.3 is 0 Å². The minimum absolute atomic E-state index is 0.0103. The van der Waals surface area contributed by atoms with Gasteiger partial charge in [-0.25, -0.2) is 4.39 Å². The normalized spacial score (nSPS) is 11.5. The zero-order chi connectivity index (χ0) is 15.4. The van der Waals surface area contributed by atoms with Crippen molar-refractivity contribution in [3.05, 3.63) is 63.4 Å². The zero-order valence-electron chi connectivity index (χ0n) is 10.7. The van der Waals surface area contributed by atoms with Gasteiger partial charge in [-0.15, -0.1) is 0 Å². The maximum atomic E-state index is 14.2. The molecule has 3 N–H and O–H groups in total. The first kappa shape index (κ1) is 15.4. The fraction of sp³-hybridized carbons (Fsp3) is 0.0714. The smallest absolute Gasteiger partial charge is 0.173 e. The third kappa shape index (κ3) is 3.37. The second-order valence-electron chi connectivity index (χ2n) is 4.10. The molecule has 0 radical (unpaired) electrons. The van der Waals surface area contributed by atoms with E-state index in [9.17, 15) is 4.39 Å². The van der Waals surface area contributed by atoms with Gasteiger partial charge in [0.2, 0.25) is 0 Å². The summed E-state index contributed by atoms with van der Waals surface area (Å²) in [6.45, 7) is -0.0954. The van der Waals surface area contributed by atoms with E-state index < -0.39 is 5.82 Å². The predicted octanol–water partition coefficient (Wildman–Crippen LogP) is 3.81. The average molecular weight is 329 g/mol.